The molecule has 2 unspecified atom stereocenters. The largest absolute Gasteiger partial charge is 0.384 e. The maximum atomic E-state index is 11.2. The molecule has 86 valence electrons. The molecule has 0 aliphatic heterocycles. The van der Waals surface area contributed by atoms with E-state index in [9.17, 15) is 5.11 Å². The van der Waals surface area contributed by atoms with Gasteiger partial charge in [0.15, 0.2) is 0 Å². The molecule has 1 aromatic carbocycles. The standard InChI is InChI=1S/C15H20O/c1-13(2)12-9-10-14(12,3)15(13,16)11-7-5-4-6-8-11/h4-8,12,16H,9-10H2,1-3H3/t12?,14?,15-/m0/s1. The van der Waals surface area contributed by atoms with Crippen molar-refractivity contribution in [3.63, 3.8) is 0 Å². The van der Waals surface area contributed by atoms with Crippen molar-refractivity contribution >= 4 is 0 Å². The summed E-state index contributed by atoms with van der Waals surface area (Å²) in [5, 5.41) is 11.2. The summed E-state index contributed by atoms with van der Waals surface area (Å²) in [4.78, 5) is 0. The second kappa shape index (κ2) is 2.70. The predicted molar refractivity (Wildman–Crippen MR) is 65.0 cm³/mol. The lowest BCUT2D eigenvalue weighted by atomic mass is 9.29. The molecule has 3 atom stereocenters. The summed E-state index contributed by atoms with van der Waals surface area (Å²) in [5.41, 5.74) is 0.585. The van der Waals surface area contributed by atoms with Crippen LogP contribution in [0.4, 0.5) is 0 Å². The van der Waals surface area contributed by atoms with Gasteiger partial charge in [0.1, 0.15) is 5.60 Å². The second-order valence-electron chi connectivity index (χ2n) is 6.31. The zero-order valence-corrected chi connectivity index (χ0v) is 10.3. The van der Waals surface area contributed by atoms with Crippen molar-refractivity contribution in [3.8, 4) is 0 Å². The van der Waals surface area contributed by atoms with Gasteiger partial charge >= 0.3 is 0 Å². The molecule has 2 aliphatic rings. The summed E-state index contributed by atoms with van der Waals surface area (Å²) in [5.74, 6) is 0.685. The fraction of sp³-hybridized carbons (Fsp3) is 0.600. The predicted octanol–water partition coefficient (Wildman–Crippen LogP) is 3.33. The summed E-state index contributed by atoms with van der Waals surface area (Å²) in [7, 11) is 0. The summed E-state index contributed by atoms with van der Waals surface area (Å²) < 4.78 is 0. The summed E-state index contributed by atoms with van der Waals surface area (Å²) >= 11 is 0. The van der Waals surface area contributed by atoms with Crippen LogP contribution in [0, 0.1) is 16.7 Å². The minimum Gasteiger partial charge on any atom is -0.384 e. The number of benzene rings is 1. The quantitative estimate of drug-likeness (QED) is 0.763. The van der Waals surface area contributed by atoms with Gasteiger partial charge in [-0.3, -0.25) is 0 Å². The first kappa shape index (κ1) is 10.3. The lowest BCUT2D eigenvalue weighted by Crippen LogP contribution is -2.76. The van der Waals surface area contributed by atoms with E-state index in [0.29, 0.717) is 5.92 Å². The molecule has 1 aromatic rings. The first-order chi connectivity index (χ1) is 7.44. The highest BCUT2D eigenvalue weighted by Crippen LogP contribution is 2.78. The van der Waals surface area contributed by atoms with Gasteiger partial charge in [-0.1, -0.05) is 51.1 Å². The molecule has 2 saturated carbocycles. The smallest absolute Gasteiger partial charge is 0.101 e. The highest BCUT2D eigenvalue weighted by molar-refractivity contribution is 5.37. The average molecular weight is 216 g/mol. The Morgan fingerprint density at radius 1 is 1.12 bits per heavy atom. The minimum absolute atomic E-state index is 0.0152. The summed E-state index contributed by atoms with van der Waals surface area (Å²) in [6, 6.07) is 10.2. The van der Waals surface area contributed by atoms with Crippen molar-refractivity contribution in [3.05, 3.63) is 35.9 Å². The van der Waals surface area contributed by atoms with Crippen LogP contribution in [-0.4, -0.2) is 5.11 Å². The summed E-state index contributed by atoms with van der Waals surface area (Å²) in [6.07, 6.45) is 2.44. The normalized spacial score (nSPS) is 44.1. The maximum absolute atomic E-state index is 11.2. The Hall–Kier alpha value is -0.820. The fourth-order valence-electron chi connectivity index (χ4n) is 4.60. The third kappa shape index (κ3) is 0.808. The van der Waals surface area contributed by atoms with Crippen molar-refractivity contribution in [2.45, 2.75) is 39.2 Å². The first-order valence-electron chi connectivity index (χ1n) is 6.22. The molecule has 1 heteroatoms. The van der Waals surface area contributed by atoms with Crippen LogP contribution in [0.1, 0.15) is 39.2 Å². The second-order valence-corrected chi connectivity index (χ2v) is 6.31. The lowest BCUT2D eigenvalue weighted by Gasteiger charge is -2.77. The molecular formula is C15H20O. The van der Waals surface area contributed by atoms with Crippen LogP contribution in [0.15, 0.2) is 30.3 Å². The highest BCUT2D eigenvalue weighted by atomic mass is 16.3. The molecule has 2 fully saturated rings. The van der Waals surface area contributed by atoms with Crippen LogP contribution in [0.2, 0.25) is 0 Å². The number of aliphatic hydroxyl groups is 1. The Bertz CT molecular complexity index is 409. The SMILES string of the molecule is CC1(C)C2CCC2(C)[C@]1(O)c1ccccc1. The van der Waals surface area contributed by atoms with Crippen LogP contribution in [0.3, 0.4) is 0 Å². The number of rotatable bonds is 1. The van der Waals surface area contributed by atoms with Gasteiger partial charge in [-0.05, 0) is 24.3 Å². The van der Waals surface area contributed by atoms with Crippen LogP contribution in [0.25, 0.3) is 0 Å². The molecule has 3 rings (SSSR count). The third-order valence-electron chi connectivity index (χ3n) is 5.54. The van der Waals surface area contributed by atoms with Gasteiger partial charge in [-0.25, -0.2) is 0 Å². The molecule has 0 heterocycles. The van der Waals surface area contributed by atoms with E-state index in [4.69, 9.17) is 0 Å². The molecular weight excluding hydrogens is 196 g/mol. The molecule has 0 amide bonds. The molecule has 1 nitrogen and oxygen atoms in total. The molecule has 0 bridgehead atoms. The van der Waals surface area contributed by atoms with E-state index in [1.165, 1.54) is 6.42 Å². The number of hydrogen-bond acceptors (Lipinski definition) is 1. The van der Waals surface area contributed by atoms with Crippen LogP contribution in [0.5, 0.6) is 0 Å². The van der Waals surface area contributed by atoms with Gasteiger partial charge in [0, 0.05) is 10.8 Å². The van der Waals surface area contributed by atoms with E-state index in [0.717, 1.165) is 12.0 Å². The summed E-state index contributed by atoms with van der Waals surface area (Å²) in [6.45, 7) is 6.68. The fourth-order valence-corrected chi connectivity index (χ4v) is 4.60. The highest BCUT2D eigenvalue weighted by Gasteiger charge is 2.77. The Balaban J connectivity index is 2.11. The maximum Gasteiger partial charge on any atom is 0.101 e. The lowest BCUT2D eigenvalue weighted by molar-refractivity contribution is -0.357. The Kier molecular flexibility index (Phi) is 1.75. The first-order valence-corrected chi connectivity index (χ1v) is 6.22. The van der Waals surface area contributed by atoms with Crippen LogP contribution < -0.4 is 0 Å². The third-order valence-corrected chi connectivity index (χ3v) is 5.54. The minimum atomic E-state index is -0.635. The van der Waals surface area contributed by atoms with Gasteiger partial charge in [-0.2, -0.15) is 0 Å². The molecule has 2 aliphatic carbocycles. The van der Waals surface area contributed by atoms with Gasteiger partial charge in [0.2, 0.25) is 0 Å². The molecule has 0 radical (unpaired) electrons. The number of fused-ring (bicyclic) bond motifs is 1. The van der Waals surface area contributed by atoms with Crippen LogP contribution >= 0.6 is 0 Å². The van der Waals surface area contributed by atoms with E-state index in [2.05, 4.69) is 32.9 Å². The van der Waals surface area contributed by atoms with E-state index in [-0.39, 0.29) is 10.8 Å². The van der Waals surface area contributed by atoms with Gasteiger partial charge in [0.25, 0.3) is 0 Å². The average Bonchev–Trinajstić information content (AvgIpc) is 2.25. The molecule has 16 heavy (non-hydrogen) atoms. The molecule has 1 N–H and O–H groups in total. The Morgan fingerprint density at radius 2 is 1.75 bits per heavy atom. The molecule has 0 spiro atoms. The van der Waals surface area contributed by atoms with Crippen molar-refractivity contribution in [2.75, 3.05) is 0 Å². The van der Waals surface area contributed by atoms with Crippen molar-refractivity contribution in [2.24, 2.45) is 16.7 Å². The van der Waals surface area contributed by atoms with Gasteiger partial charge < -0.3 is 5.11 Å². The van der Waals surface area contributed by atoms with Gasteiger partial charge in [-0.15, -0.1) is 0 Å². The monoisotopic (exact) mass is 216 g/mol. The van der Waals surface area contributed by atoms with E-state index in [1.807, 2.05) is 18.2 Å². The zero-order valence-electron chi connectivity index (χ0n) is 10.3. The van der Waals surface area contributed by atoms with Crippen molar-refractivity contribution in [1.82, 2.24) is 0 Å². The number of hydrogen-bond donors (Lipinski definition) is 1. The van der Waals surface area contributed by atoms with Crippen molar-refractivity contribution in [1.29, 1.82) is 0 Å². The molecule has 0 saturated heterocycles. The van der Waals surface area contributed by atoms with Crippen molar-refractivity contribution < 1.29 is 5.11 Å². The zero-order chi connectivity index (χ0) is 11.6. The van der Waals surface area contributed by atoms with E-state index < -0.39 is 5.60 Å². The Labute approximate surface area is 97.5 Å². The van der Waals surface area contributed by atoms with Crippen LogP contribution in [-0.2, 0) is 5.60 Å². The Morgan fingerprint density at radius 3 is 2.19 bits per heavy atom. The molecule has 0 aromatic heterocycles. The van der Waals surface area contributed by atoms with Gasteiger partial charge in [0.05, 0.1) is 0 Å². The topological polar surface area (TPSA) is 20.2 Å². The van der Waals surface area contributed by atoms with E-state index in [1.54, 1.807) is 0 Å². The van der Waals surface area contributed by atoms with E-state index >= 15 is 0 Å².